The Morgan fingerprint density at radius 2 is 2.29 bits per heavy atom. The maximum absolute atomic E-state index is 5.96. The molecule has 5 heteroatoms. The maximum atomic E-state index is 5.96. The lowest BCUT2D eigenvalue weighted by Crippen LogP contribution is -2.31. The Kier molecular flexibility index (Phi) is 3.66. The molecular formula is C12H20N4O. The van der Waals surface area contributed by atoms with Crippen LogP contribution >= 0.6 is 0 Å². The van der Waals surface area contributed by atoms with Gasteiger partial charge in [0.15, 0.2) is 5.82 Å². The van der Waals surface area contributed by atoms with Gasteiger partial charge in [-0.2, -0.15) is 4.98 Å². The second-order valence-electron chi connectivity index (χ2n) is 4.50. The smallest absolute Gasteiger partial charge is 0.242 e. The summed E-state index contributed by atoms with van der Waals surface area (Å²) in [5.41, 5.74) is 6.47. The quantitative estimate of drug-likeness (QED) is 0.818. The van der Waals surface area contributed by atoms with Gasteiger partial charge in [-0.05, 0) is 32.6 Å². The van der Waals surface area contributed by atoms with Crippen LogP contribution < -0.4 is 15.8 Å². The number of hydrogen-bond acceptors (Lipinski definition) is 5. The molecular weight excluding hydrogens is 216 g/mol. The van der Waals surface area contributed by atoms with Crippen LogP contribution in [0.3, 0.4) is 0 Å². The van der Waals surface area contributed by atoms with Gasteiger partial charge >= 0.3 is 0 Å². The van der Waals surface area contributed by atoms with E-state index in [0.717, 1.165) is 5.92 Å². The van der Waals surface area contributed by atoms with E-state index in [9.17, 15) is 0 Å². The van der Waals surface area contributed by atoms with Crippen molar-refractivity contribution in [3.63, 3.8) is 0 Å². The molecule has 1 unspecified atom stereocenters. The molecule has 3 N–H and O–H groups in total. The van der Waals surface area contributed by atoms with Crippen molar-refractivity contribution >= 4 is 11.5 Å². The summed E-state index contributed by atoms with van der Waals surface area (Å²) in [6.45, 7) is 4.64. The van der Waals surface area contributed by atoms with Crippen LogP contribution in [-0.2, 0) is 0 Å². The molecule has 1 fully saturated rings. The van der Waals surface area contributed by atoms with Crippen molar-refractivity contribution in [2.24, 2.45) is 5.92 Å². The summed E-state index contributed by atoms with van der Waals surface area (Å²) in [7, 11) is 0. The van der Waals surface area contributed by atoms with Gasteiger partial charge in [-0.3, -0.25) is 0 Å². The molecule has 1 aliphatic rings. The van der Waals surface area contributed by atoms with Crippen LogP contribution in [0.25, 0.3) is 0 Å². The summed E-state index contributed by atoms with van der Waals surface area (Å²) in [5.74, 6) is 1.88. The van der Waals surface area contributed by atoms with Crippen molar-refractivity contribution in [1.82, 2.24) is 9.97 Å². The topological polar surface area (TPSA) is 73.1 Å². The zero-order valence-electron chi connectivity index (χ0n) is 10.4. The Labute approximate surface area is 102 Å². The number of anilines is 2. The second kappa shape index (κ2) is 5.21. The predicted octanol–water partition coefficient (Wildman–Crippen LogP) is 2.06. The fraction of sp³-hybridized carbons (Fsp3) is 0.667. The minimum Gasteiger partial charge on any atom is -0.476 e. The van der Waals surface area contributed by atoms with Crippen molar-refractivity contribution in [1.29, 1.82) is 0 Å². The number of ether oxygens (including phenoxy) is 1. The molecule has 0 radical (unpaired) electrons. The van der Waals surface area contributed by atoms with Crippen molar-refractivity contribution in [2.75, 3.05) is 17.7 Å². The van der Waals surface area contributed by atoms with Crippen molar-refractivity contribution in [3.8, 4) is 5.88 Å². The van der Waals surface area contributed by atoms with E-state index in [1.54, 1.807) is 0 Å². The van der Waals surface area contributed by atoms with Gasteiger partial charge in [-0.15, -0.1) is 0 Å². The third kappa shape index (κ3) is 2.60. The van der Waals surface area contributed by atoms with Crippen molar-refractivity contribution in [2.45, 2.75) is 39.2 Å². The minimum atomic E-state index is 0.399. The summed E-state index contributed by atoms with van der Waals surface area (Å²) in [6.07, 6.45) is 5.40. The zero-order valence-corrected chi connectivity index (χ0v) is 10.4. The van der Waals surface area contributed by atoms with Crippen LogP contribution in [0.1, 0.15) is 33.1 Å². The summed E-state index contributed by atoms with van der Waals surface area (Å²) in [5, 5.41) is 3.35. The number of rotatable bonds is 5. The van der Waals surface area contributed by atoms with Gasteiger partial charge in [0.25, 0.3) is 0 Å². The van der Waals surface area contributed by atoms with Gasteiger partial charge in [0.05, 0.1) is 6.61 Å². The first kappa shape index (κ1) is 12.0. The standard InChI is InChI=1S/C12H20N4O/c1-3-17-12-10(13)11(14-7-15-12)16-8(2)9-5-4-6-9/h7-9H,3-6,13H2,1-2H3,(H,14,15,16). The lowest BCUT2D eigenvalue weighted by Gasteiger charge is -2.32. The summed E-state index contributed by atoms with van der Waals surface area (Å²) in [6, 6.07) is 0.399. The molecule has 1 heterocycles. The Morgan fingerprint density at radius 3 is 2.88 bits per heavy atom. The van der Waals surface area contributed by atoms with E-state index in [1.165, 1.54) is 25.6 Å². The van der Waals surface area contributed by atoms with Crippen LogP contribution in [-0.4, -0.2) is 22.6 Å². The Hall–Kier alpha value is -1.52. The minimum absolute atomic E-state index is 0.399. The largest absolute Gasteiger partial charge is 0.476 e. The first-order valence-corrected chi connectivity index (χ1v) is 6.22. The molecule has 1 aliphatic carbocycles. The third-order valence-corrected chi connectivity index (χ3v) is 3.35. The number of nitrogens with one attached hydrogen (secondary N) is 1. The zero-order chi connectivity index (χ0) is 12.3. The molecule has 94 valence electrons. The van der Waals surface area contributed by atoms with Gasteiger partial charge in [0.2, 0.25) is 5.88 Å². The molecule has 0 aliphatic heterocycles. The molecule has 0 saturated heterocycles. The third-order valence-electron chi connectivity index (χ3n) is 3.35. The molecule has 2 rings (SSSR count). The summed E-state index contributed by atoms with van der Waals surface area (Å²) >= 11 is 0. The van der Waals surface area contributed by atoms with E-state index >= 15 is 0 Å². The Morgan fingerprint density at radius 1 is 1.53 bits per heavy atom. The monoisotopic (exact) mass is 236 g/mol. The SMILES string of the molecule is CCOc1ncnc(NC(C)C2CCC2)c1N. The number of nitrogens with two attached hydrogens (primary N) is 1. The van der Waals surface area contributed by atoms with Crippen molar-refractivity contribution < 1.29 is 4.74 Å². The van der Waals surface area contributed by atoms with E-state index in [2.05, 4.69) is 22.2 Å². The van der Waals surface area contributed by atoms with E-state index in [1.807, 2.05) is 6.92 Å². The van der Waals surface area contributed by atoms with Crippen molar-refractivity contribution in [3.05, 3.63) is 6.33 Å². The lowest BCUT2D eigenvalue weighted by molar-refractivity contribution is 0.284. The normalized spacial score (nSPS) is 17.3. The van der Waals surface area contributed by atoms with Gasteiger partial charge in [0.1, 0.15) is 12.0 Å². The van der Waals surface area contributed by atoms with E-state index in [4.69, 9.17) is 10.5 Å². The molecule has 0 bridgehead atoms. The number of hydrogen-bond donors (Lipinski definition) is 2. The highest BCUT2D eigenvalue weighted by atomic mass is 16.5. The van der Waals surface area contributed by atoms with Crippen LogP contribution in [0.4, 0.5) is 11.5 Å². The van der Waals surface area contributed by atoms with Gasteiger partial charge in [0, 0.05) is 6.04 Å². The van der Waals surface area contributed by atoms with Crippen LogP contribution in [0.5, 0.6) is 5.88 Å². The molecule has 1 aromatic heterocycles. The summed E-state index contributed by atoms with van der Waals surface area (Å²) in [4.78, 5) is 8.19. The predicted molar refractivity (Wildman–Crippen MR) is 68.0 cm³/mol. The second-order valence-corrected chi connectivity index (χ2v) is 4.50. The highest BCUT2D eigenvalue weighted by Crippen LogP contribution is 2.32. The van der Waals surface area contributed by atoms with Gasteiger partial charge < -0.3 is 15.8 Å². The highest BCUT2D eigenvalue weighted by molar-refractivity contribution is 5.66. The molecule has 0 spiro atoms. The fourth-order valence-electron chi connectivity index (χ4n) is 2.02. The van der Waals surface area contributed by atoms with Crippen LogP contribution in [0, 0.1) is 5.92 Å². The van der Waals surface area contributed by atoms with Gasteiger partial charge in [-0.1, -0.05) is 6.42 Å². The summed E-state index contributed by atoms with van der Waals surface area (Å²) < 4.78 is 5.34. The highest BCUT2D eigenvalue weighted by Gasteiger charge is 2.24. The molecule has 0 amide bonds. The van der Waals surface area contributed by atoms with Crippen LogP contribution in [0.2, 0.25) is 0 Å². The molecule has 1 saturated carbocycles. The molecule has 1 atom stereocenters. The van der Waals surface area contributed by atoms with Crippen LogP contribution in [0.15, 0.2) is 6.33 Å². The van der Waals surface area contributed by atoms with E-state index in [0.29, 0.717) is 30.0 Å². The molecule has 17 heavy (non-hydrogen) atoms. The molecule has 5 nitrogen and oxygen atoms in total. The Balaban J connectivity index is 2.06. The Bertz CT molecular complexity index is 379. The number of nitrogens with zero attached hydrogens (tertiary/aromatic N) is 2. The fourth-order valence-corrected chi connectivity index (χ4v) is 2.02. The first-order chi connectivity index (χ1) is 8.22. The maximum Gasteiger partial charge on any atom is 0.242 e. The van der Waals surface area contributed by atoms with E-state index < -0.39 is 0 Å². The number of nitrogen functional groups attached to an aromatic ring is 1. The first-order valence-electron chi connectivity index (χ1n) is 6.22. The van der Waals surface area contributed by atoms with Gasteiger partial charge in [-0.25, -0.2) is 4.98 Å². The number of aromatic nitrogens is 2. The van der Waals surface area contributed by atoms with E-state index in [-0.39, 0.29) is 0 Å². The molecule has 1 aromatic rings. The lowest BCUT2D eigenvalue weighted by atomic mass is 9.80. The molecule has 0 aromatic carbocycles. The average molecular weight is 236 g/mol. The average Bonchev–Trinajstić information content (AvgIpc) is 2.21.